The standard InChI is InChI=1S/C13H22N4O/c1-4-7-8-14-12-9-11(15-10-16-12)13(18)17(5-2)6-3/h9-10H,4-8H2,1-3H3,(H,14,15,16). The van der Waals surface area contributed by atoms with Crippen LogP contribution in [0.2, 0.25) is 0 Å². The Hall–Kier alpha value is -1.65. The van der Waals surface area contributed by atoms with Crippen LogP contribution in [0, 0.1) is 0 Å². The van der Waals surface area contributed by atoms with E-state index >= 15 is 0 Å². The summed E-state index contributed by atoms with van der Waals surface area (Å²) in [5.41, 5.74) is 0.452. The Bertz CT molecular complexity index is 377. The normalized spacial score (nSPS) is 10.2. The van der Waals surface area contributed by atoms with Gasteiger partial charge >= 0.3 is 0 Å². The van der Waals surface area contributed by atoms with Crippen LogP contribution in [0.15, 0.2) is 12.4 Å². The van der Waals surface area contributed by atoms with E-state index in [1.807, 2.05) is 13.8 Å². The molecule has 1 aromatic rings. The monoisotopic (exact) mass is 250 g/mol. The maximum atomic E-state index is 12.1. The zero-order valence-corrected chi connectivity index (χ0v) is 11.4. The molecule has 1 N–H and O–H groups in total. The lowest BCUT2D eigenvalue weighted by Crippen LogP contribution is -2.31. The molecular weight excluding hydrogens is 228 g/mol. The summed E-state index contributed by atoms with van der Waals surface area (Å²) < 4.78 is 0. The molecule has 0 aromatic carbocycles. The van der Waals surface area contributed by atoms with E-state index in [-0.39, 0.29) is 5.91 Å². The number of amides is 1. The third-order valence-corrected chi connectivity index (χ3v) is 2.77. The van der Waals surface area contributed by atoms with E-state index in [0.717, 1.165) is 19.4 Å². The number of nitrogens with one attached hydrogen (secondary N) is 1. The summed E-state index contributed by atoms with van der Waals surface area (Å²) in [6.07, 6.45) is 3.65. The zero-order chi connectivity index (χ0) is 13.4. The highest BCUT2D eigenvalue weighted by Crippen LogP contribution is 2.07. The number of rotatable bonds is 7. The van der Waals surface area contributed by atoms with Crippen LogP contribution in [-0.4, -0.2) is 40.4 Å². The average Bonchev–Trinajstić information content (AvgIpc) is 2.41. The summed E-state index contributed by atoms with van der Waals surface area (Å²) in [6, 6.07) is 1.72. The lowest BCUT2D eigenvalue weighted by atomic mass is 10.3. The highest BCUT2D eigenvalue weighted by molar-refractivity contribution is 5.92. The smallest absolute Gasteiger partial charge is 0.272 e. The van der Waals surface area contributed by atoms with Gasteiger partial charge in [0, 0.05) is 25.7 Å². The van der Waals surface area contributed by atoms with Crippen molar-refractivity contribution in [1.29, 1.82) is 0 Å². The SMILES string of the molecule is CCCCNc1cc(C(=O)N(CC)CC)ncn1. The van der Waals surface area contributed by atoms with Crippen LogP contribution in [0.1, 0.15) is 44.1 Å². The van der Waals surface area contributed by atoms with Crippen molar-refractivity contribution in [2.24, 2.45) is 0 Å². The lowest BCUT2D eigenvalue weighted by Gasteiger charge is -2.18. The highest BCUT2D eigenvalue weighted by atomic mass is 16.2. The minimum absolute atomic E-state index is 0.0408. The quantitative estimate of drug-likeness (QED) is 0.753. The summed E-state index contributed by atoms with van der Waals surface area (Å²) in [7, 11) is 0. The molecule has 5 heteroatoms. The molecule has 0 saturated heterocycles. The number of hydrogen-bond donors (Lipinski definition) is 1. The van der Waals surface area contributed by atoms with Crippen LogP contribution in [0.5, 0.6) is 0 Å². The molecule has 0 aliphatic heterocycles. The number of carbonyl (C=O) groups excluding carboxylic acids is 1. The molecule has 0 saturated carbocycles. The first-order valence-corrected chi connectivity index (χ1v) is 6.58. The van der Waals surface area contributed by atoms with Gasteiger partial charge in [0.15, 0.2) is 0 Å². The second kappa shape index (κ2) is 7.63. The largest absolute Gasteiger partial charge is 0.370 e. The second-order valence-corrected chi connectivity index (χ2v) is 4.05. The van der Waals surface area contributed by atoms with Crippen LogP contribution in [0.3, 0.4) is 0 Å². The number of aromatic nitrogens is 2. The van der Waals surface area contributed by atoms with Crippen molar-refractivity contribution in [3.8, 4) is 0 Å². The first-order valence-electron chi connectivity index (χ1n) is 6.58. The Morgan fingerprint density at radius 2 is 2.00 bits per heavy atom. The van der Waals surface area contributed by atoms with Crippen molar-refractivity contribution in [1.82, 2.24) is 14.9 Å². The predicted octanol–water partition coefficient (Wildman–Crippen LogP) is 2.17. The third kappa shape index (κ3) is 3.98. The van der Waals surface area contributed by atoms with E-state index in [4.69, 9.17) is 0 Å². The van der Waals surface area contributed by atoms with E-state index in [1.165, 1.54) is 6.33 Å². The molecule has 1 heterocycles. The van der Waals surface area contributed by atoms with Crippen molar-refractivity contribution in [2.45, 2.75) is 33.6 Å². The summed E-state index contributed by atoms with van der Waals surface area (Å²) in [4.78, 5) is 22.0. The fourth-order valence-electron chi connectivity index (χ4n) is 1.64. The summed E-state index contributed by atoms with van der Waals surface area (Å²) in [5.74, 6) is 0.676. The minimum Gasteiger partial charge on any atom is -0.370 e. The Kier molecular flexibility index (Phi) is 6.11. The summed E-state index contributed by atoms with van der Waals surface area (Å²) >= 11 is 0. The number of anilines is 1. The van der Waals surface area contributed by atoms with E-state index in [2.05, 4.69) is 22.2 Å². The van der Waals surface area contributed by atoms with Gasteiger partial charge in [-0.25, -0.2) is 9.97 Å². The molecule has 0 atom stereocenters. The molecular formula is C13H22N4O. The van der Waals surface area contributed by atoms with Crippen molar-refractivity contribution in [2.75, 3.05) is 25.0 Å². The zero-order valence-electron chi connectivity index (χ0n) is 11.4. The van der Waals surface area contributed by atoms with Gasteiger partial charge in [-0.1, -0.05) is 13.3 Å². The van der Waals surface area contributed by atoms with Gasteiger partial charge in [-0.2, -0.15) is 0 Å². The molecule has 1 amide bonds. The maximum absolute atomic E-state index is 12.1. The lowest BCUT2D eigenvalue weighted by molar-refractivity contribution is 0.0767. The fraction of sp³-hybridized carbons (Fsp3) is 0.615. The molecule has 1 aromatic heterocycles. The number of nitrogens with zero attached hydrogens (tertiary/aromatic N) is 3. The van der Waals surface area contributed by atoms with E-state index < -0.39 is 0 Å². The van der Waals surface area contributed by atoms with Crippen molar-refractivity contribution >= 4 is 11.7 Å². The Morgan fingerprint density at radius 3 is 2.61 bits per heavy atom. The van der Waals surface area contributed by atoms with E-state index in [9.17, 15) is 4.79 Å². The second-order valence-electron chi connectivity index (χ2n) is 4.05. The molecule has 1 rings (SSSR count). The molecule has 0 spiro atoms. The molecule has 0 aliphatic rings. The summed E-state index contributed by atoms with van der Waals surface area (Å²) in [6.45, 7) is 8.31. The summed E-state index contributed by atoms with van der Waals surface area (Å²) in [5, 5.41) is 3.19. The van der Waals surface area contributed by atoms with Crippen LogP contribution in [-0.2, 0) is 0 Å². The van der Waals surface area contributed by atoms with E-state index in [1.54, 1.807) is 11.0 Å². The van der Waals surface area contributed by atoms with Gasteiger partial charge in [-0.15, -0.1) is 0 Å². The molecule has 0 radical (unpaired) electrons. The van der Waals surface area contributed by atoms with Crippen LogP contribution < -0.4 is 5.32 Å². The van der Waals surface area contributed by atoms with Gasteiger partial charge in [-0.05, 0) is 20.3 Å². The molecule has 0 bridgehead atoms. The van der Waals surface area contributed by atoms with Crippen molar-refractivity contribution < 1.29 is 4.79 Å². The van der Waals surface area contributed by atoms with Crippen LogP contribution >= 0.6 is 0 Å². The highest BCUT2D eigenvalue weighted by Gasteiger charge is 2.14. The average molecular weight is 250 g/mol. The third-order valence-electron chi connectivity index (χ3n) is 2.77. The Balaban J connectivity index is 2.71. The number of hydrogen-bond acceptors (Lipinski definition) is 4. The van der Waals surface area contributed by atoms with Gasteiger partial charge in [-0.3, -0.25) is 4.79 Å². The van der Waals surface area contributed by atoms with Gasteiger partial charge in [0.1, 0.15) is 17.8 Å². The predicted molar refractivity (Wildman–Crippen MR) is 72.7 cm³/mol. The van der Waals surface area contributed by atoms with Gasteiger partial charge in [0.2, 0.25) is 0 Å². The van der Waals surface area contributed by atoms with Crippen molar-refractivity contribution in [3.05, 3.63) is 18.1 Å². The minimum atomic E-state index is -0.0408. The van der Waals surface area contributed by atoms with Gasteiger partial charge in [0.25, 0.3) is 5.91 Å². The molecule has 0 aliphatic carbocycles. The van der Waals surface area contributed by atoms with E-state index in [0.29, 0.717) is 24.6 Å². The number of carbonyl (C=O) groups is 1. The van der Waals surface area contributed by atoms with Crippen LogP contribution in [0.4, 0.5) is 5.82 Å². The molecule has 5 nitrogen and oxygen atoms in total. The molecule has 18 heavy (non-hydrogen) atoms. The van der Waals surface area contributed by atoms with Gasteiger partial charge in [0.05, 0.1) is 0 Å². The fourth-order valence-corrected chi connectivity index (χ4v) is 1.64. The van der Waals surface area contributed by atoms with Crippen molar-refractivity contribution in [3.63, 3.8) is 0 Å². The molecule has 0 fully saturated rings. The number of unbranched alkanes of at least 4 members (excludes halogenated alkanes) is 1. The first kappa shape index (κ1) is 14.4. The Labute approximate surface area is 109 Å². The van der Waals surface area contributed by atoms with Crippen LogP contribution in [0.25, 0.3) is 0 Å². The topological polar surface area (TPSA) is 58.1 Å². The maximum Gasteiger partial charge on any atom is 0.272 e. The van der Waals surface area contributed by atoms with Gasteiger partial charge < -0.3 is 10.2 Å². The molecule has 0 unspecified atom stereocenters. The first-order chi connectivity index (χ1) is 8.72. The Morgan fingerprint density at radius 1 is 1.28 bits per heavy atom. The molecule has 100 valence electrons.